The van der Waals surface area contributed by atoms with E-state index in [1.165, 1.54) is 4.31 Å². The van der Waals surface area contributed by atoms with Crippen molar-refractivity contribution in [2.75, 3.05) is 45.0 Å². The fourth-order valence-electron chi connectivity index (χ4n) is 3.54. The Balaban J connectivity index is 1.66. The topological polar surface area (TPSA) is 69.7 Å². The molecule has 7 heteroatoms. The van der Waals surface area contributed by atoms with E-state index in [-0.39, 0.29) is 24.6 Å². The van der Waals surface area contributed by atoms with Crippen LogP contribution in [0.25, 0.3) is 0 Å². The molecule has 0 radical (unpaired) electrons. The number of carbonyl (C=O) groups is 1. The van der Waals surface area contributed by atoms with Crippen molar-refractivity contribution in [2.45, 2.75) is 19.8 Å². The molecule has 1 saturated heterocycles. The molecule has 6 nitrogen and oxygen atoms in total. The van der Waals surface area contributed by atoms with Gasteiger partial charge in [-0.25, -0.2) is 8.42 Å². The standard InChI is InChI=1S/C23H31N3O3S/c1-20-7-9-22(10-8-20)19-23(27)25(14-11-21-5-3-2-4-6-21)17-18-30(28,29)26-15-12-24-13-16-26/h2-10,24H,11-19H2,1H3. The molecule has 3 rings (SSSR count). The van der Waals surface area contributed by atoms with E-state index < -0.39 is 10.0 Å². The maximum absolute atomic E-state index is 13.0. The van der Waals surface area contributed by atoms with E-state index in [4.69, 9.17) is 0 Å². The van der Waals surface area contributed by atoms with Gasteiger partial charge in [-0.05, 0) is 24.5 Å². The summed E-state index contributed by atoms with van der Waals surface area (Å²) in [6.45, 7) is 5.05. The van der Waals surface area contributed by atoms with Gasteiger partial charge in [0.15, 0.2) is 0 Å². The third kappa shape index (κ3) is 6.65. The fraction of sp³-hybridized carbons (Fsp3) is 0.435. The second-order valence-electron chi connectivity index (χ2n) is 7.74. The van der Waals surface area contributed by atoms with Crippen LogP contribution in [-0.2, 0) is 27.7 Å². The van der Waals surface area contributed by atoms with Gasteiger partial charge in [-0.2, -0.15) is 4.31 Å². The number of piperazine rings is 1. The molecule has 0 unspecified atom stereocenters. The summed E-state index contributed by atoms with van der Waals surface area (Å²) in [6.07, 6.45) is 0.983. The smallest absolute Gasteiger partial charge is 0.227 e. The second kappa shape index (κ2) is 10.7. The number of hydrogen-bond acceptors (Lipinski definition) is 4. The molecule has 0 bridgehead atoms. The average molecular weight is 430 g/mol. The summed E-state index contributed by atoms with van der Waals surface area (Å²) in [5, 5.41) is 3.17. The van der Waals surface area contributed by atoms with Crippen LogP contribution in [0.3, 0.4) is 0 Å². The Bertz CT molecular complexity index is 908. The van der Waals surface area contributed by atoms with Crippen molar-refractivity contribution in [2.24, 2.45) is 0 Å². The van der Waals surface area contributed by atoms with Crippen molar-refractivity contribution in [1.29, 1.82) is 0 Å². The summed E-state index contributed by atoms with van der Waals surface area (Å²) in [5.74, 6) is -0.0770. The summed E-state index contributed by atoms with van der Waals surface area (Å²) >= 11 is 0. The summed E-state index contributed by atoms with van der Waals surface area (Å²) in [5.41, 5.74) is 3.23. The first-order valence-electron chi connectivity index (χ1n) is 10.5. The summed E-state index contributed by atoms with van der Waals surface area (Å²) in [7, 11) is -3.37. The molecule has 0 aliphatic carbocycles. The van der Waals surface area contributed by atoms with Gasteiger partial charge in [-0.1, -0.05) is 60.2 Å². The van der Waals surface area contributed by atoms with Crippen LogP contribution < -0.4 is 5.32 Å². The predicted molar refractivity (Wildman–Crippen MR) is 120 cm³/mol. The van der Waals surface area contributed by atoms with Gasteiger partial charge in [0.25, 0.3) is 0 Å². The Labute approximate surface area is 179 Å². The first-order valence-corrected chi connectivity index (χ1v) is 12.1. The lowest BCUT2D eigenvalue weighted by molar-refractivity contribution is -0.130. The fourth-order valence-corrected chi connectivity index (χ4v) is 4.99. The van der Waals surface area contributed by atoms with Gasteiger partial charge in [0.05, 0.1) is 12.2 Å². The summed E-state index contributed by atoms with van der Waals surface area (Å²) < 4.78 is 27.0. The molecular weight excluding hydrogens is 398 g/mol. The van der Waals surface area contributed by atoms with E-state index in [9.17, 15) is 13.2 Å². The molecule has 1 N–H and O–H groups in total. The largest absolute Gasteiger partial charge is 0.341 e. The third-order valence-electron chi connectivity index (χ3n) is 5.43. The van der Waals surface area contributed by atoms with Crippen LogP contribution in [0.1, 0.15) is 16.7 Å². The van der Waals surface area contributed by atoms with Gasteiger partial charge >= 0.3 is 0 Å². The van der Waals surface area contributed by atoms with Crippen molar-refractivity contribution in [3.05, 3.63) is 71.3 Å². The van der Waals surface area contributed by atoms with Crippen LogP contribution in [-0.4, -0.2) is 68.6 Å². The predicted octanol–water partition coefficient (Wildman–Crippen LogP) is 1.84. The van der Waals surface area contributed by atoms with Gasteiger partial charge < -0.3 is 10.2 Å². The van der Waals surface area contributed by atoms with Gasteiger partial charge in [0, 0.05) is 39.3 Å². The van der Waals surface area contributed by atoms with Crippen LogP contribution in [0.15, 0.2) is 54.6 Å². The molecule has 0 saturated carbocycles. The summed E-state index contributed by atoms with van der Waals surface area (Å²) in [6, 6.07) is 17.9. The minimum absolute atomic E-state index is 0.0368. The number of aryl methyl sites for hydroxylation is 1. The molecule has 162 valence electrons. The average Bonchev–Trinajstić information content (AvgIpc) is 2.76. The second-order valence-corrected chi connectivity index (χ2v) is 9.83. The van der Waals surface area contributed by atoms with Crippen molar-refractivity contribution in [3.63, 3.8) is 0 Å². The number of rotatable bonds is 9. The van der Waals surface area contributed by atoms with Crippen molar-refractivity contribution in [3.8, 4) is 0 Å². The Morgan fingerprint density at radius 1 is 0.967 bits per heavy atom. The SMILES string of the molecule is Cc1ccc(CC(=O)N(CCc2ccccc2)CCS(=O)(=O)N2CCNCC2)cc1. The molecule has 1 amide bonds. The first kappa shape index (κ1) is 22.5. The highest BCUT2D eigenvalue weighted by Crippen LogP contribution is 2.10. The Morgan fingerprint density at radius 2 is 1.63 bits per heavy atom. The molecule has 0 atom stereocenters. The lowest BCUT2D eigenvalue weighted by Gasteiger charge is -2.28. The minimum atomic E-state index is -3.37. The molecule has 1 aliphatic rings. The zero-order valence-electron chi connectivity index (χ0n) is 17.6. The van der Waals surface area contributed by atoms with Crippen LogP contribution in [0.5, 0.6) is 0 Å². The number of nitrogens with one attached hydrogen (secondary N) is 1. The van der Waals surface area contributed by atoms with E-state index in [2.05, 4.69) is 5.32 Å². The number of hydrogen-bond donors (Lipinski definition) is 1. The van der Waals surface area contributed by atoms with E-state index in [0.29, 0.717) is 39.1 Å². The maximum atomic E-state index is 13.0. The van der Waals surface area contributed by atoms with E-state index in [0.717, 1.165) is 16.7 Å². The number of sulfonamides is 1. The lowest BCUT2D eigenvalue weighted by atomic mass is 10.1. The molecule has 1 aliphatic heterocycles. The van der Waals surface area contributed by atoms with Crippen LogP contribution in [0.4, 0.5) is 0 Å². The third-order valence-corrected chi connectivity index (χ3v) is 7.28. The highest BCUT2D eigenvalue weighted by atomic mass is 32.2. The van der Waals surface area contributed by atoms with Crippen LogP contribution in [0, 0.1) is 6.92 Å². The van der Waals surface area contributed by atoms with E-state index >= 15 is 0 Å². The monoisotopic (exact) mass is 429 g/mol. The maximum Gasteiger partial charge on any atom is 0.227 e. The lowest BCUT2D eigenvalue weighted by Crippen LogP contribution is -2.48. The minimum Gasteiger partial charge on any atom is -0.341 e. The number of carbonyl (C=O) groups excluding carboxylic acids is 1. The molecule has 30 heavy (non-hydrogen) atoms. The van der Waals surface area contributed by atoms with Gasteiger partial charge in [-0.15, -0.1) is 0 Å². The van der Waals surface area contributed by atoms with Crippen molar-refractivity contribution >= 4 is 15.9 Å². The normalized spacial score (nSPS) is 15.1. The number of amides is 1. The zero-order chi connectivity index (χ0) is 21.4. The van der Waals surface area contributed by atoms with E-state index in [1.807, 2.05) is 61.5 Å². The molecule has 1 fully saturated rings. The molecule has 1 heterocycles. The Hall–Kier alpha value is -2.22. The van der Waals surface area contributed by atoms with E-state index in [1.54, 1.807) is 4.90 Å². The van der Waals surface area contributed by atoms with Gasteiger partial charge in [-0.3, -0.25) is 4.79 Å². The molecule has 2 aromatic rings. The highest BCUT2D eigenvalue weighted by molar-refractivity contribution is 7.89. The zero-order valence-corrected chi connectivity index (χ0v) is 18.4. The molecule has 0 aromatic heterocycles. The summed E-state index contributed by atoms with van der Waals surface area (Å²) in [4.78, 5) is 14.7. The molecule has 0 spiro atoms. The Kier molecular flexibility index (Phi) is 8.01. The van der Waals surface area contributed by atoms with Crippen LogP contribution >= 0.6 is 0 Å². The Morgan fingerprint density at radius 3 is 2.30 bits per heavy atom. The molecular formula is C23H31N3O3S. The number of nitrogens with zero attached hydrogens (tertiary/aromatic N) is 2. The number of benzene rings is 2. The van der Waals surface area contributed by atoms with Gasteiger partial charge in [0.2, 0.25) is 15.9 Å². The van der Waals surface area contributed by atoms with Crippen LogP contribution in [0.2, 0.25) is 0 Å². The molecule has 2 aromatic carbocycles. The van der Waals surface area contributed by atoms with Crippen molar-refractivity contribution < 1.29 is 13.2 Å². The first-order chi connectivity index (χ1) is 14.4. The van der Waals surface area contributed by atoms with Crippen molar-refractivity contribution in [1.82, 2.24) is 14.5 Å². The highest BCUT2D eigenvalue weighted by Gasteiger charge is 2.25. The van der Waals surface area contributed by atoms with Gasteiger partial charge in [0.1, 0.15) is 0 Å². The quantitative estimate of drug-likeness (QED) is 0.660.